The molecule has 0 atom stereocenters. The first-order chi connectivity index (χ1) is 16.5. The van der Waals surface area contributed by atoms with Crippen LogP contribution in [0.4, 0.5) is 13.2 Å². The molecule has 0 spiro atoms. The number of thioether (sulfide) groups is 1. The van der Waals surface area contributed by atoms with Crippen molar-refractivity contribution in [2.45, 2.75) is 20.0 Å². The zero-order chi connectivity index (χ0) is 25.3. The fraction of sp³-hybridized carbons (Fsp3) is 0.292. The molecule has 2 aliphatic rings. The first-order valence-corrected chi connectivity index (χ1v) is 11.5. The molecule has 184 valence electrons. The van der Waals surface area contributed by atoms with Crippen molar-refractivity contribution in [3.63, 3.8) is 0 Å². The van der Waals surface area contributed by atoms with E-state index in [9.17, 15) is 22.8 Å². The molecule has 7 nitrogen and oxygen atoms in total. The minimum Gasteiger partial charge on any atom is -0.490 e. The maximum atomic E-state index is 13.5. The molecule has 2 aliphatic heterocycles. The van der Waals surface area contributed by atoms with Gasteiger partial charge in [0.1, 0.15) is 5.75 Å². The Morgan fingerprint density at radius 1 is 1.20 bits per heavy atom. The van der Waals surface area contributed by atoms with Crippen LogP contribution in [-0.4, -0.2) is 46.7 Å². The van der Waals surface area contributed by atoms with E-state index in [1.807, 2.05) is 0 Å². The van der Waals surface area contributed by atoms with Crippen LogP contribution in [0.5, 0.6) is 17.2 Å². The average Bonchev–Trinajstić information content (AvgIpc) is 3.08. The van der Waals surface area contributed by atoms with E-state index in [0.717, 1.165) is 17.8 Å². The van der Waals surface area contributed by atoms with Crippen molar-refractivity contribution < 1.29 is 37.3 Å². The fourth-order valence-corrected chi connectivity index (χ4v) is 4.45. The summed E-state index contributed by atoms with van der Waals surface area (Å²) in [6.45, 7) is 4.13. The Kier molecular flexibility index (Phi) is 6.79. The summed E-state index contributed by atoms with van der Waals surface area (Å²) < 4.78 is 51.7. The summed E-state index contributed by atoms with van der Waals surface area (Å²) in [5, 5.41) is 9.46. The normalized spacial score (nSPS) is 17.4. The number of rotatable bonds is 6. The molecule has 2 aromatic carbocycles. The summed E-state index contributed by atoms with van der Waals surface area (Å²) in [5.74, 6) is -1.83. The van der Waals surface area contributed by atoms with Crippen LogP contribution in [0.1, 0.15) is 23.6 Å². The van der Waals surface area contributed by atoms with E-state index in [1.165, 1.54) is 18.2 Å². The molecule has 1 saturated heterocycles. The molecule has 4 rings (SSSR count). The summed E-state index contributed by atoms with van der Waals surface area (Å²) in [6.07, 6.45) is -2.99. The van der Waals surface area contributed by atoms with Gasteiger partial charge in [0.05, 0.1) is 23.0 Å². The molecular weight excluding hydrogens is 485 g/mol. The van der Waals surface area contributed by atoms with Crippen LogP contribution in [0.15, 0.2) is 46.3 Å². The molecule has 11 heteroatoms. The topological polar surface area (TPSA) is 88.4 Å². The van der Waals surface area contributed by atoms with Gasteiger partial charge >= 0.3 is 12.1 Å². The lowest BCUT2D eigenvalue weighted by Crippen LogP contribution is -2.51. The molecule has 2 aromatic rings. The number of amidine groups is 1. The quantitative estimate of drug-likeness (QED) is 0.540. The smallest absolute Gasteiger partial charge is 0.419 e. The molecule has 0 unspecified atom stereocenters. The van der Waals surface area contributed by atoms with Gasteiger partial charge in [-0.2, -0.15) is 18.2 Å². The molecule has 35 heavy (non-hydrogen) atoms. The van der Waals surface area contributed by atoms with Crippen molar-refractivity contribution in [2.75, 3.05) is 19.7 Å². The molecule has 2 heterocycles. The van der Waals surface area contributed by atoms with E-state index in [-0.39, 0.29) is 23.9 Å². The fourth-order valence-electron chi connectivity index (χ4n) is 3.52. The number of likely N-dealkylation sites (tertiary alicyclic amines) is 1. The zero-order valence-corrected chi connectivity index (χ0v) is 19.6. The molecule has 1 N–H and O–H groups in total. The van der Waals surface area contributed by atoms with Crippen LogP contribution >= 0.6 is 11.8 Å². The summed E-state index contributed by atoms with van der Waals surface area (Å²) in [6, 6.07) is 8.47. The van der Waals surface area contributed by atoms with E-state index in [1.54, 1.807) is 37.0 Å². The predicted molar refractivity (Wildman–Crippen MR) is 125 cm³/mol. The van der Waals surface area contributed by atoms with Crippen molar-refractivity contribution in [1.29, 1.82) is 0 Å². The lowest BCUT2D eigenvalue weighted by Gasteiger charge is -2.37. The van der Waals surface area contributed by atoms with Crippen molar-refractivity contribution in [2.24, 2.45) is 10.9 Å². The van der Waals surface area contributed by atoms with E-state index < -0.39 is 29.5 Å². The number of carbonyl (C=O) groups is 2. The molecule has 0 aliphatic carbocycles. The third-order valence-electron chi connectivity index (χ3n) is 5.34. The number of carboxylic acid groups (broad SMARTS) is 1. The Morgan fingerprint density at radius 3 is 2.57 bits per heavy atom. The SMILES string of the molecule is CCOc1cc(/C=C2\SC(N3CC(C(=O)O)C3)=NC2=O)ccc1Oc1ccc(C)cc1C(F)(F)F. The van der Waals surface area contributed by atoms with Gasteiger partial charge in [0.25, 0.3) is 5.91 Å². The molecule has 1 amide bonds. The van der Waals surface area contributed by atoms with E-state index in [4.69, 9.17) is 14.6 Å². The summed E-state index contributed by atoms with van der Waals surface area (Å²) >= 11 is 1.14. The number of hydrogen-bond acceptors (Lipinski definition) is 6. The van der Waals surface area contributed by atoms with Crippen molar-refractivity contribution in [3.05, 3.63) is 58.0 Å². The molecule has 0 aromatic heterocycles. The zero-order valence-electron chi connectivity index (χ0n) is 18.8. The number of hydrogen-bond donors (Lipinski definition) is 1. The Balaban J connectivity index is 1.55. The number of aliphatic carboxylic acids is 1. The second-order valence-corrected chi connectivity index (χ2v) is 9.00. The minimum atomic E-state index is -4.59. The summed E-state index contributed by atoms with van der Waals surface area (Å²) in [5.41, 5.74) is 0.133. The highest BCUT2D eigenvalue weighted by Crippen LogP contribution is 2.41. The minimum absolute atomic E-state index is 0.103. The largest absolute Gasteiger partial charge is 0.490 e. The second kappa shape index (κ2) is 9.65. The first-order valence-electron chi connectivity index (χ1n) is 10.7. The third kappa shape index (κ3) is 5.45. The van der Waals surface area contributed by atoms with Gasteiger partial charge in [-0.15, -0.1) is 0 Å². The Labute approximate surface area is 203 Å². The Bertz CT molecular complexity index is 1240. The number of aliphatic imine (C=N–C) groups is 1. The first kappa shape index (κ1) is 24.6. The van der Waals surface area contributed by atoms with Gasteiger partial charge in [-0.1, -0.05) is 17.7 Å². The molecule has 1 fully saturated rings. The van der Waals surface area contributed by atoms with Crippen LogP contribution in [0, 0.1) is 12.8 Å². The molecule has 0 saturated carbocycles. The summed E-state index contributed by atoms with van der Waals surface area (Å²) in [7, 11) is 0. The maximum Gasteiger partial charge on any atom is 0.419 e. The highest BCUT2D eigenvalue weighted by Gasteiger charge is 2.38. The van der Waals surface area contributed by atoms with Crippen LogP contribution < -0.4 is 9.47 Å². The number of benzene rings is 2. The van der Waals surface area contributed by atoms with Crippen molar-refractivity contribution in [3.8, 4) is 17.2 Å². The number of alkyl halides is 3. The maximum absolute atomic E-state index is 13.5. The number of carboxylic acids is 1. The standard InChI is InChI=1S/C24H21F3N2O5S/c1-3-33-19-9-14(10-20-21(30)28-23(35-20)29-11-15(12-29)22(31)32)5-7-18(19)34-17-6-4-13(2)8-16(17)24(25,26)27/h4-10,15H,3,11-12H2,1-2H3,(H,31,32)/b20-10-. The van der Waals surface area contributed by atoms with Gasteiger partial charge < -0.3 is 19.5 Å². The van der Waals surface area contributed by atoms with Crippen molar-refractivity contribution in [1.82, 2.24) is 4.90 Å². The number of nitrogens with zero attached hydrogens (tertiary/aromatic N) is 2. The summed E-state index contributed by atoms with van der Waals surface area (Å²) in [4.78, 5) is 29.4. The van der Waals surface area contributed by atoms with Crippen LogP contribution in [0.3, 0.4) is 0 Å². The van der Waals surface area contributed by atoms with E-state index in [2.05, 4.69) is 4.99 Å². The van der Waals surface area contributed by atoms with Crippen LogP contribution in [-0.2, 0) is 15.8 Å². The number of ether oxygens (including phenoxy) is 2. The van der Waals surface area contributed by atoms with Crippen molar-refractivity contribution >= 4 is 34.9 Å². The number of aryl methyl sites for hydroxylation is 1. The van der Waals surface area contributed by atoms with Gasteiger partial charge in [0.2, 0.25) is 0 Å². The van der Waals surface area contributed by atoms with E-state index >= 15 is 0 Å². The van der Waals surface area contributed by atoms with Gasteiger partial charge in [-0.05, 0) is 61.5 Å². The predicted octanol–water partition coefficient (Wildman–Crippen LogP) is 5.19. The molecule has 0 radical (unpaired) electrons. The number of carbonyl (C=O) groups excluding carboxylic acids is 1. The van der Waals surface area contributed by atoms with Crippen LogP contribution in [0.25, 0.3) is 6.08 Å². The Morgan fingerprint density at radius 2 is 1.91 bits per heavy atom. The molecule has 0 bridgehead atoms. The number of halogens is 3. The van der Waals surface area contributed by atoms with E-state index in [0.29, 0.717) is 34.3 Å². The van der Waals surface area contributed by atoms with Gasteiger partial charge in [-0.25, -0.2) is 0 Å². The highest BCUT2D eigenvalue weighted by atomic mass is 32.2. The molecular formula is C24H21F3N2O5S. The van der Waals surface area contributed by atoms with Gasteiger partial charge in [-0.3, -0.25) is 9.59 Å². The van der Waals surface area contributed by atoms with Crippen LogP contribution in [0.2, 0.25) is 0 Å². The monoisotopic (exact) mass is 506 g/mol. The van der Waals surface area contributed by atoms with Gasteiger partial charge in [0, 0.05) is 13.1 Å². The lowest BCUT2D eigenvalue weighted by atomic mass is 10.0. The lowest BCUT2D eigenvalue weighted by molar-refractivity contribution is -0.145. The highest BCUT2D eigenvalue weighted by molar-refractivity contribution is 8.18. The number of amides is 1. The Hall–Kier alpha value is -3.47. The third-order valence-corrected chi connectivity index (χ3v) is 6.38. The van der Waals surface area contributed by atoms with Gasteiger partial charge in [0.15, 0.2) is 16.7 Å². The average molecular weight is 507 g/mol. The second-order valence-electron chi connectivity index (χ2n) is 7.99.